The summed E-state index contributed by atoms with van der Waals surface area (Å²) in [4.78, 5) is 42.8. The third-order valence-corrected chi connectivity index (χ3v) is 6.12. The van der Waals surface area contributed by atoms with Gasteiger partial charge in [-0.1, -0.05) is 41.9 Å². The van der Waals surface area contributed by atoms with Crippen LogP contribution in [0.2, 0.25) is 5.02 Å². The van der Waals surface area contributed by atoms with Gasteiger partial charge in [-0.3, -0.25) is 23.1 Å². The van der Waals surface area contributed by atoms with Crippen molar-refractivity contribution in [2.45, 2.75) is 6.54 Å². The maximum absolute atomic E-state index is 13.4. The number of carbonyl (C=O) groups excluding carboxylic acids is 1. The van der Waals surface area contributed by atoms with E-state index in [1.807, 2.05) is 41.0 Å². The lowest BCUT2D eigenvalue weighted by molar-refractivity contribution is -0.141. The lowest BCUT2D eigenvalue weighted by atomic mass is 10.1. The van der Waals surface area contributed by atoms with Crippen LogP contribution >= 0.6 is 11.6 Å². The van der Waals surface area contributed by atoms with Gasteiger partial charge in [0.15, 0.2) is 11.2 Å². The molecule has 178 valence electrons. The Labute approximate surface area is 203 Å². The fraction of sp³-hybridized carbons (Fsp3) is 0.167. The minimum Gasteiger partial charge on any atom is -0.495 e. The Morgan fingerprint density at radius 2 is 1.83 bits per heavy atom. The highest BCUT2D eigenvalue weighted by molar-refractivity contribution is 6.32. The number of imidazole rings is 2. The van der Waals surface area contributed by atoms with Gasteiger partial charge in [-0.2, -0.15) is 4.98 Å². The second-order valence-corrected chi connectivity index (χ2v) is 8.20. The number of fused-ring (bicyclic) bond motifs is 3. The van der Waals surface area contributed by atoms with Crippen LogP contribution in [-0.4, -0.2) is 43.3 Å². The lowest BCUT2D eigenvalue weighted by Crippen LogP contribution is -2.41. The van der Waals surface area contributed by atoms with Crippen LogP contribution in [0.1, 0.15) is 0 Å². The average molecular weight is 494 g/mol. The SMILES string of the molecule is COC(=O)Cn1c(=O)c2c(nc3n(-c4ccc(OC)c(Cl)c4)c(-c4ccccc4)cn23)n(C)c1=O. The van der Waals surface area contributed by atoms with Crippen molar-refractivity contribution in [3.05, 3.63) is 80.6 Å². The normalized spacial score (nSPS) is 11.3. The topological polar surface area (TPSA) is 102 Å². The number of ether oxygens (including phenoxy) is 2. The van der Waals surface area contributed by atoms with Crippen LogP contribution in [0.15, 0.2) is 64.3 Å². The number of halogens is 1. The van der Waals surface area contributed by atoms with Crippen molar-refractivity contribution < 1.29 is 14.3 Å². The highest BCUT2D eigenvalue weighted by Crippen LogP contribution is 2.32. The Kier molecular flexibility index (Phi) is 5.45. The lowest BCUT2D eigenvalue weighted by Gasteiger charge is -2.11. The number of hydrogen-bond acceptors (Lipinski definition) is 6. The quantitative estimate of drug-likeness (QED) is 0.349. The minimum absolute atomic E-state index is 0.154. The monoisotopic (exact) mass is 493 g/mol. The standard InChI is InChI=1S/C24H20ClN5O5/c1-27-21-20(22(32)29(24(27)33)13-19(31)35-3)28-12-17(14-7-5-4-6-8-14)30(23(28)26-21)15-9-10-18(34-2)16(25)11-15/h4-12H,13H2,1-3H3. The molecule has 0 N–H and O–H groups in total. The van der Waals surface area contributed by atoms with E-state index in [0.717, 1.165) is 15.8 Å². The number of hydrogen-bond donors (Lipinski definition) is 0. The maximum Gasteiger partial charge on any atom is 0.333 e. The predicted molar refractivity (Wildman–Crippen MR) is 131 cm³/mol. The summed E-state index contributed by atoms with van der Waals surface area (Å²) in [7, 11) is 4.22. The van der Waals surface area contributed by atoms with E-state index < -0.39 is 23.8 Å². The first-order valence-corrected chi connectivity index (χ1v) is 10.9. The van der Waals surface area contributed by atoms with Crippen molar-refractivity contribution >= 4 is 34.5 Å². The summed E-state index contributed by atoms with van der Waals surface area (Å²) in [5.74, 6) is 0.198. The van der Waals surface area contributed by atoms with Crippen LogP contribution in [0.4, 0.5) is 0 Å². The zero-order chi connectivity index (χ0) is 24.9. The van der Waals surface area contributed by atoms with Crippen LogP contribution in [-0.2, 0) is 23.1 Å². The molecule has 5 rings (SSSR count). The molecule has 0 amide bonds. The summed E-state index contributed by atoms with van der Waals surface area (Å²) in [6.07, 6.45) is 1.77. The van der Waals surface area contributed by atoms with Crippen molar-refractivity contribution in [1.29, 1.82) is 0 Å². The van der Waals surface area contributed by atoms with Crippen LogP contribution in [0.25, 0.3) is 33.9 Å². The van der Waals surface area contributed by atoms with E-state index in [1.165, 1.54) is 25.8 Å². The Bertz CT molecular complexity index is 1730. The molecular formula is C24H20ClN5O5. The van der Waals surface area contributed by atoms with Crippen molar-refractivity contribution in [3.63, 3.8) is 0 Å². The molecule has 0 fully saturated rings. The van der Waals surface area contributed by atoms with Gasteiger partial charge >= 0.3 is 11.7 Å². The van der Waals surface area contributed by atoms with Crippen LogP contribution in [0.5, 0.6) is 5.75 Å². The Balaban J connectivity index is 1.89. The van der Waals surface area contributed by atoms with Crippen LogP contribution < -0.4 is 16.0 Å². The van der Waals surface area contributed by atoms with Crippen molar-refractivity contribution in [1.82, 2.24) is 23.1 Å². The van der Waals surface area contributed by atoms with Crippen molar-refractivity contribution in [2.75, 3.05) is 14.2 Å². The van der Waals surface area contributed by atoms with Gasteiger partial charge in [-0.15, -0.1) is 0 Å². The molecular weight excluding hydrogens is 474 g/mol. The largest absolute Gasteiger partial charge is 0.495 e. The number of aromatic nitrogens is 5. The van der Waals surface area contributed by atoms with Crippen molar-refractivity contribution in [3.8, 4) is 22.7 Å². The number of esters is 1. The minimum atomic E-state index is -0.709. The smallest absolute Gasteiger partial charge is 0.333 e. The molecule has 5 aromatic rings. The molecule has 3 aromatic heterocycles. The van der Waals surface area contributed by atoms with Gasteiger partial charge in [0.2, 0.25) is 5.78 Å². The number of carbonyl (C=O) groups is 1. The molecule has 10 nitrogen and oxygen atoms in total. The Morgan fingerprint density at radius 1 is 1.09 bits per heavy atom. The van der Waals surface area contributed by atoms with Gasteiger partial charge in [0.1, 0.15) is 12.3 Å². The third kappa shape index (κ3) is 3.50. The van der Waals surface area contributed by atoms with E-state index in [2.05, 4.69) is 9.72 Å². The van der Waals surface area contributed by atoms with Gasteiger partial charge in [0, 0.05) is 18.8 Å². The molecule has 0 atom stereocenters. The summed E-state index contributed by atoms with van der Waals surface area (Å²) < 4.78 is 15.5. The first-order valence-electron chi connectivity index (χ1n) is 10.5. The highest BCUT2D eigenvalue weighted by atomic mass is 35.5. The number of aryl methyl sites for hydroxylation is 1. The second kappa shape index (κ2) is 8.48. The van der Waals surface area contributed by atoms with Gasteiger partial charge < -0.3 is 9.47 Å². The fourth-order valence-corrected chi connectivity index (χ4v) is 4.34. The van der Waals surface area contributed by atoms with E-state index in [9.17, 15) is 14.4 Å². The third-order valence-electron chi connectivity index (χ3n) is 5.83. The molecule has 11 heteroatoms. The van der Waals surface area contributed by atoms with E-state index in [4.69, 9.17) is 16.3 Å². The number of benzene rings is 2. The number of nitrogens with zero attached hydrogens (tertiary/aromatic N) is 5. The molecule has 0 spiro atoms. The molecule has 0 saturated heterocycles. The molecule has 0 aliphatic carbocycles. The van der Waals surface area contributed by atoms with E-state index in [0.29, 0.717) is 22.2 Å². The zero-order valence-corrected chi connectivity index (χ0v) is 19.8. The van der Waals surface area contributed by atoms with Gasteiger partial charge in [0.25, 0.3) is 5.56 Å². The van der Waals surface area contributed by atoms with Gasteiger partial charge in [-0.05, 0) is 18.2 Å². The molecule has 3 heterocycles. The molecule has 2 aromatic carbocycles. The number of methoxy groups -OCH3 is 2. The molecule has 35 heavy (non-hydrogen) atoms. The van der Waals surface area contributed by atoms with E-state index in [-0.39, 0.29) is 11.2 Å². The zero-order valence-electron chi connectivity index (χ0n) is 19.1. The summed E-state index contributed by atoms with van der Waals surface area (Å²) in [5, 5.41) is 0.403. The van der Waals surface area contributed by atoms with Gasteiger partial charge in [-0.25, -0.2) is 9.36 Å². The first kappa shape index (κ1) is 22.5. The maximum atomic E-state index is 13.4. The Morgan fingerprint density at radius 3 is 2.49 bits per heavy atom. The Hall–Kier alpha value is -4.31. The van der Waals surface area contributed by atoms with E-state index in [1.54, 1.807) is 22.7 Å². The molecule has 0 aliphatic heterocycles. The summed E-state index contributed by atoms with van der Waals surface area (Å²) in [5.41, 5.74) is 1.31. The van der Waals surface area contributed by atoms with Crippen molar-refractivity contribution in [2.24, 2.45) is 7.05 Å². The fourth-order valence-electron chi connectivity index (χ4n) is 4.09. The molecule has 0 bridgehead atoms. The summed E-state index contributed by atoms with van der Waals surface area (Å²) in [6, 6.07) is 14.9. The first-order chi connectivity index (χ1) is 16.8. The van der Waals surface area contributed by atoms with Crippen LogP contribution in [0.3, 0.4) is 0 Å². The highest BCUT2D eigenvalue weighted by Gasteiger charge is 2.23. The summed E-state index contributed by atoms with van der Waals surface area (Å²) in [6.45, 7) is -0.508. The molecule has 0 radical (unpaired) electrons. The van der Waals surface area contributed by atoms with Crippen LogP contribution in [0, 0.1) is 0 Å². The van der Waals surface area contributed by atoms with E-state index >= 15 is 0 Å². The molecule has 0 saturated carbocycles. The average Bonchev–Trinajstić information content (AvgIpc) is 3.42. The summed E-state index contributed by atoms with van der Waals surface area (Å²) >= 11 is 6.42. The molecule has 0 unspecified atom stereocenters. The predicted octanol–water partition coefficient (Wildman–Crippen LogP) is 2.64. The molecule has 0 aliphatic rings. The second-order valence-electron chi connectivity index (χ2n) is 7.80. The number of rotatable bonds is 5. The van der Waals surface area contributed by atoms with Gasteiger partial charge in [0.05, 0.1) is 30.6 Å².